The van der Waals surface area contributed by atoms with Gasteiger partial charge in [-0.1, -0.05) is 26.8 Å². The van der Waals surface area contributed by atoms with Gasteiger partial charge in [0.15, 0.2) is 0 Å². The molecule has 1 saturated heterocycles. The van der Waals surface area contributed by atoms with Crippen molar-refractivity contribution in [3.8, 4) is 5.75 Å². The second-order valence-electron chi connectivity index (χ2n) is 10.5. The highest BCUT2D eigenvalue weighted by atomic mass is 16.5. The zero-order valence-electron chi connectivity index (χ0n) is 21.1. The van der Waals surface area contributed by atoms with Crippen LogP contribution in [0.5, 0.6) is 5.75 Å². The number of benzene rings is 1. The van der Waals surface area contributed by atoms with Crippen LogP contribution < -0.4 is 20.3 Å². The van der Waals surface area contributed by atoms with E-state index in [1.54, 1.807) is 7.11 Å². The maximum absolute atomic E-state index is 12.2. The molecule has 186 valence electrons. The molecular formula is C26H43N3O4. The number of hydrogen-bond acceptors (Lipinski definition) is 6. The van der Waals surface area contributed by atoms with Crippen LogP contribution in [0.15, 0.2) is 18.2 Å². The van der Waals surface area contributed by atoms with Gasteiger partial charge in [0.1, 0.15) is 12.4 Å². The van der Waals surface area contributed by atoms with E-state index < -0.39 is 0 Å². The summed E-state index contributed by atoms with van der Waals surface area (Å²) in [5, 5.41) is 6.76. The Labute approximate surface area is 199 Å². The van der Waals surface area contributed by atoms with Crippen molar-refractivity contribution < 1.29 is 19.0 Å². The first-order chi connectivity index (χ1) is 15.8. The molecule has 1 aromatic rings. The standard InChI is InChI=1S/C26H43N3O4/c1-19(28-25(30)26(2,3)4)15-21-8-9-22(17-27-21)33-18-20-7-10-24-23(16-20)29(12-14-32-24)11-6-13-31-5/h7,10,16,19,21-22,27H,6,8-9,11-15,17-18H2,1-5H3,(H,28,30)/t19-,21+,22-/m1/s1. The second kappa shape index (κ2) is 12.0. The second-order valence-corrected chi connectivity index (χ2v) is 10.5. The van der Waals surface area contributed by atoms with Crippen LogP contribution in [0.1, 0.15) is 58.9 Å². The fraction of sp³-hybridized carbons (Fsp3) is 0.731. The molecule has 7 nitrogen and oxygen atoms in total. The molecule has 0 spiro atoms. The Morgan fingerprint density at radius 2 is 2.15 bits per heavy atom. The Morgan fingerprint density at radius 3 is 2.85 bits per heavy atom. The van der Waals surface area contributed by atoms with E-state index in [1.807, 2.05) is 20.8 Å². The zero-order chi connectivity index (χ0) is 23.8. The number of carbonyl (C=O) groups excluding carboxylic acids is 1. The Morgan fingerprint density at radius 1 is 1.33 bits per heavy atom. The molecule has 0 unspecified atom stereocenters. The zero-order valence-corrected chi connectivity index (χ0v) is 21.1. The largest absolute Gasteiger partial charge is 0.490 e. The Hall–Kier alpha value is -1.83. The molecular weight excluding hydrogens is 418 g/mol. The highest BCUT2D eigenvalue weighted by Gasteiger charge is 2.26. The molecule has 2 aliphatic rings. The molecule has 1 fully saturated rings. The molecule has 3 atom stereocenters. The Balaban J connectivity index is 1.43. The summed E-state index contributed by atoms with van der Waals surface area (Å²) in [6.07, 6.45) is 4.26. The number of fused-ring (bicyclic) bond motifs is 1. The van der Waals surface area contributed by atoms with Gasteiger partial charge in [0.25, 0.3) is 0 Å². The number of nitrogens with zero attached hydrogens (tertiary/aromatic N) is 1. The lowest BCUT2D eigenvalue weighted by atomic mass is 9.93. The highest BCUT2D eigenvalue weighted by molar-refractivity contribution is 5.81. The Kier molecular flexibility index (Phi) is 9.41. The number of ether oxygens (including phenoxy) is 3. The third-order valence-corrected chi connectivity index (χ3v) is 6.41. The van der Waals surface area contributed by atoms with Crippen LogP contribution in [0.25, 0.3) is 0 Å². The number of carbonyl (C=O) groups is 1. The SMILES string of the molecule is COCCCN1CCOc2ccc(CO[C@@H]3CC[C@@H](C[C@@H](C)NC(=O)C(C)(C)C)NC3)cc21. The summed E-state index contributed by atoms with van der Waals surface area (Å²) in [6, 6.07) is 6.97. The van der Waals surface area contributed by atoms with E-state index in [4.69, 9.17) is 14.2 Å². The summed E-state index contributed by atoms with van der Waals surface area (Å²) < 4.78 is 17.3. The lowest BCUT2D eigenvalue weighted by Crippen LogP contribution is -2.47. The molecule has 1 amide bonds. The van der Waals surface area contributed by atoms with Gasteiger partial charge < -0.3 is 29.7 Å². The monoisotopic (exact) mass is 461 g/mol. The van der Waals surface area contributed by atoms with Crippen LogP contribution in [-0.2, 0) is 20.9 Å². The van der Waals surface area contributed by atoms with Gasteiger partial charge >= 0.3 is 0 Å². The maximum Gasteiger partial charge on any atom is 0.225 e. The summed E-state index contributed by atoms with van der Waals surface area (Å²) in [4.78, 5) is 14.6. The van der Waals surface area contributed by atoms with Crippen molar-refractivity contribution in [1.82, 2.24) is 10.6 Å². The van der Waals surface area contributed by atoms with E-state index in [1.165, 1.54) is 5.56 Å². The summed E-state index contributed by atoms with van der Waals surface area (Å²) in [6.45, 7) is 12.8. The summed E-state index contributed by atoms with van der Waals surface area (Å²) in [7, 11) is 1.75. The predicted molar refractivity (Wildman–Crippen MR) is 132 cm³/mol. The minimum atomic E-state index is -0.350. The molecule has 33 heavy (non-hydrogen) atoms. The lowest BCUT2D eigenvalue weighted by molar-refractivity contribution is -0.129. The van der Waals surface area contributed by atoms with E-state index in [9.17, 15) is 4.79 Å². The van der Waals surface area contributed by atoms with Crippen molar-refractivity contribution in [1.29, 1.82) is 0 Å². The number of anilines is 1. The first kappa shape index (κ1) is 25.8. The first-order valence-corrected chi connectivity index (χ1v) is 12.4. The normalized spacial score (nSPS) is 21.8. The maximum atomic E-state index is 12.2. The molecule has 0 bridgehead atoms. The molecule has 2 aliphatic heterocycles. The van der Waals surface area contributed by atoms with Gasteiger partial charge in [0.05, 0.1) is 24.9 Å². The van der Waals surface area contributed by atoms with Gasteiger partial charge in [-0.25, -0.2) is 0 Å². The highest BCUT2D eigenvalue weighted by Crippen LogP contribution is 2.33. The minimum absolute atomic E-state index is 0.111. The van der Waals surface area contributed by atoms with Gasteiger partial charge in [-0.05, 0) is 50.3 Å². The van der Waals surface area contributed by atoms with Crippen molar-refractivity contribution >= 4 is 11.6 Å². The molecule has 0 aliphatic carbocycles. The molecule has 0 aromatic heterocycles. The van der Waals surface area contributed by atoms with E-state index >= 15 is 0 Å². The van der Waals surface area contributed by atoms with Gasteiger partial charge in [0.2, 0.25) is 5.91 Å². The molecule has 1 aromatic carbocycles. The smallest absolute Gasteiger partial charge is 0.225 e. The molecule has 0 saturated carbocycles. The topological polar surface area (TPSA) is 72.1 Å². The van der Waals surface area contributed by atoms with E-state index in [0.29, 0.717) is 12.6 Å². The Bertz CT molecular complexity index is 756. The van der Waals surface area contributed by atoms with Crippen LogP contribution in [0, 0.1) is 5.41 Å². The van der Waals surface area contributed by atoms with Crippen molar-refractivity contribution in [3.05, 3.63) is 23.8 Å². The van der Waals surface area contributed by atoms with Crippen molar-refractivity contribution in [2.75, 3.05) is 44.9 Å². The molecule has 2 heterocycles. The number of methoxy groups -OCH3 is 1. The number of piperidine rings is 1. The molecule has 2 N–H and O–H groups in total. The van der Waals surface area contributed by atoms with Gasteiger partial charge in [-0.15, -0.1) is 0 Å². The van der Waals surface area contributed by atoms with E-state index in [-0.39, 0.29) is 23.5 Å². The minimum Gasteiger partial charge on any atom is -0.490 e. The van der Waals surface area contributed by atoms with Crippen molar-refractivity contribution in [3.63, 3.8) is 0 Å². The number of hydrogen-bond donors (Lipinski definition) is 2. The van der Waals surface area contributed by atoms with Crippen LogP contribution in [0.4, 0.5) is 5.69 Å². The van der Waals surface area contributed by atoms with E-state index in [2.05, 4.69) is 40.7 Å². The average molecular weight is 462 g/mol. The summed E-state index contributed by atoms with van der Waals surface area (Å²) in [5.74, 6) is 1.07. The van der Waals surface area contributed by atoms with Crippen molar-refractivity contribution in [2.45, 2.75) is 78.2 Å². The van der Waals surface area contributed by atoms with Crippen LogP contribution in [0.2, 0.25) is 0 Å². The summed E-state index contributed by atoms with van der Waals surface area (Å²) >= 11 is 0. The predicted octanol–water partition coefficient (Wildman–Crippen LogP) is 3.50. The quantitative estimate of drug-likeness (QED) is 0.520. The average Bonchev–Trinajstić information content (AvgIpc) is 2.78. The first-order valence-electron chi connectivity index (χ1n) is 12.4. The third kappa shape index (κ3) is 7.87. The van der Waals surface area contributed by atoms with Crippen LogP contribution >= 0.6 is 0 Å². The van der Waals surface area contributed by atoms with Gasteiger partial charge in [0, 0.05) is 44.3 Å². The molecule has 7 heteroatoms. The number of rotatable bonds is 10. The summed E-state index contributed by atoms with van der Waals surface area (Å²) in [5.41, 5.74) is 1.99. The van der Waals surface area contributed by atoms with Crippen molar-refractivity contribution in [2.24, 2.45) is 5.41 Å². The number of nitrogens with one attached hydrogen (secondary N) is 2. The van der Waals surface area contributed by atoms with Gasteiger partial charge in [-0.2, -0.15) is 0 Å². The van der Waals surface area contributed by atoms with Crippen LogP contribution in [0.3, 0.4) is 0 Å². The fourth-order valence-electron chi connectivity index (χ4n) is 4.41. The van der Waals surface area contributed by atoms with E-state index in [0.717, 1.165) is 70.0 Å². The molecule has 3 rings (SSSR count). The van der Waals surface area contributed by atoms with Crippen LogP contribution in [-0.4, -0.2) is 64.1 Å². The third-order valence-electron chi connectivity index (χ3n) is 6.41. The fourth-order valence-corrected chi connectivity index (χ4v) is 4.41. The lowest BCUT2D eigenvalue weighted by Gasteiger charge is -2.33. The number of amides is 1. The molecule has 0 radical (unpaired) electrons. The van der Waals surface area contributed by atoms with Gasteiger partial charge in [-0.3, -0.25) is 4.79 Å².